The van der Waals surface area contributed by atoms with E-state index >= 15 is 0 Å². The van der Waals surface area contributed by atoms with Crippen LogP contribution in [0.3, 0.4) is 0 Å². The molecule has 0 spiro atoms. The SMILES string of the molecule is CCC(CC)Nc1ccc(N2CCCC2)cc1. The van der Waals surface area contributed by atoms with Crippen LogP contribution in [0.5, 0.6) is 0 Å². The van der Waals surface area contributed by atoms with Gasteiger partial charge in [0.05, 0.1) is 0 Å². The van der Waals surface area contributed by atoms with Crippen molar-refractivity contribution in [3.05, 3.63) is 24.3 Å². The van der Waals surface area contributed by atoms with Crippen molar-refractivity contribution in [2.75, 3.05) is 23.3 Å². The third kappa shape index (κ3) is 3.15. The maximum Gasteiger partial charge on any atom is 0.0367 e. The minimum absolute atomic E-state index is 0.604. The molecule has 0 amide bonds. The molecule has 1 heterocycles. The second-order valence-corrected chi connectivity index (χ2v) is 4.90. The first kappa shape index (κ1) is 12.3. The van der Waals surface area contributed by atoms with Gasteiger partial charge in [-0.15, -0.1) is 0 Å². The van der Waals surface area contributed by atoms with Gasteiger partial charge < -0.3 is 10.2 Å². The number of hydrogen-bond donors (Lipinski definition) is 1. The van der Waals surface area contributed by atoms with Crippen molar-refractivity contribution < 1.29 is 0 Å². The van der Waals surface area contributed by atoms with Crippen LogP contribution in [0.15, 0.2) is 24.3 Å². The van der Waals surface area contributed by atoms with Crippen LogP contribution in [-0.4, -0.2) is 19.1 Å². The summed E-state index contributed by atoms with van der Waals surface area (Å²) < 4.78 is 0. The van der Waals surface area contributed by atoms with Gasteiger partial charge in [0.2, 0.25) is 0 Å². The number of benzene rings is 1. The molecule has 17 heavy (non-hydrogen) atoms. The van der Waals surface area contributed by atoms with E-state index in [9.17, 15) is 0 Å². The molecule has 0 unspecified atom stereocenters. The standard InChI is InChI=1S/C15H24N2/c1-3-13(4-2)16-14-7-9-15(10-8-14)17-11-5-6-12-17/h7-10,13,16H,3-6,11-12H2,1-2H3. The van der Waals surface area contributed by atoms with Crippen LogP contribution in [0.4, 0.5) is 11.4 Å². The lowest BCUT2D eigenvalue weighted by Crippen LogP contribution is -2.18. The molecule has 1 N–H and O–H groups in total. The predicted molar refractivity (Wildman–Crippen MR) is 75.9 cm³/mol. The molecular weight excluding hydrogens is 208 g/mol. The summed E-state index contributed by atoms with van der Waals surface area (Å²) in [5, 5.41) is 3.58. The van der Waals surface area contributed by atoms with E-state index in [1.54, 1.807) is 0 Å². The van der Waals surface area contributed by atoms with Gasteiger partial charge in [-0.3, -0.25) is 0 Å². The molecule has 94 valence electrons. The summed E-state index contributed by atoms with van der Waals surface area (Å²) in [5.74, 6) is 0. The van der Waals surface area contributed by atoms with Gasteiger partial charge in [0.15, 0.2) is 0 Å². The van der Waals surface area contributed by atoms with E-state index in [0.29, 0.717) is 6.04 Å². The predicted octanol–water partition coefficient (Wildman–Crippen LogP) is 3.89. The van der Waals surface area contributed by atoms with Gasteiger partial charge >= 0.3 is 0 Å². The van der Waals surface area contributed by atoms with Crippen molar-refractivity contribution >= 4 is 11.4 Å². The van der Waals surface area contributed by atoms with Crippen LogP contribution >= 0.6 is 0 Å². The minimum atomic E-state index is 0.604. The number of nitrogens with zero attached hydrogens (tertiary/aromatic N) is 1. The van der Waals surface area contributed by atoms with E-state index in [1.807, 2.05) is 0 Å². The van der Waals surface area contributed by atoms with Gasteiger partial charge in [0.25, 0.3) is 0 Å². The van der Waals surface area contributed by atoms with Crippen LogP contribution in [0.2, 0.25) is 0 Å². The highest BCUT2D eigenvalue weighted by atomic mass is 15.1. The van der Waals surface area contributed by atoms with E-state index in [0.717, 1.165) is 0 Å². The quantitative estimate of drug-likeness (QED) is 0.828. The largest absolute Gasteiger partial charge is 0.382 e. The lowest BCUT2D eigenvalue weighted by atomic mass is 10.1. The van der Waals surface area contributed by atoms with Crippen LogP contribution in [0.1, 0.15) is 39.5 Å². The Kier molecular flexibility index (Phi) is 4.29. The first-order chi connectivity index (χ1) is 8.33. The second-order valence-electron chi connectivity index (χ2n) is 4.90. The fourth-order valence-corrected chi connectivity index (χ4v) is 2.47. The van der Waals surface area contributed by atoms with Gasteiger partial charge in [0, 0.05) is 30.5 Å². The monoisotopic (exact) mass is 232 g/mol. The molecule has 1 fully saturated rings. The Balaban J connectivity index is 1.97. The van der Waals surface area contributed by atoms with E-state index in [4.69, 9.17) is 0 Å². The average Bonchev–Trinajstić information content (AvgIpc) is 2.90. The normalized spacial score (nSPS) is 15.6. The summed E-state index contributed by atoms with van der Waals surface area (Å²) in [6.45, 7) is 6.91. The topological polar surface area (TPSA) is 15.3 Å². The number of nitrogens with one attached hydrogen (secondary N) is 1. The molecule has 2 heteroatoms. The van der Waals surface area contributed by atoms with Crippen LogP contribution in [0.25, 0.3) is 0 Å². The summed E-state index contributed by atoms with van der Waals surface area (Å²) in [6, 6.07) is 9.52. The zero-order valence-electron chi connectivity index (χ0n) is 11.1. The molecular formula is C15H24N2. The fourth-order valence-electron chi connectivity index (χ4n) is 2.47. The molecule has 2 rings (SSSR count). The highest BCUT2D eigenvalue weighted by Crippen LogP contribution is 2.22. The summed E-state index contributed by atoms with van der Waals surface area (Å²) in [6.07, 6.45) is 5.05. The van der Waals surface area contributed by atoms with Crippen LogP contribution in [0, 0.1) is 0 Å². The zero-order chi connectivity index (χ0) is 12.1. The third-order valence-corrected chi connectivity index (χ3v) is 3.69. The van der Waals surface area contributed by atoms with Gasteiger partial charge in [-0.2, -0.15) is 0 Å². The number of anilines is 2. The Morgan fingerprint density at radius 2 is 1.65 bits per heavy atom. The molecule has 1 aliphatic heterocycles. The minimum Gasteiger partial charge on any atom is -0.382 e. The molecule has 0 radical (unpaired) electrons. The van der Waals surface area contributed by atoms with Gasteiger partial charge in [-0.25, -0.2) is 0 Å². The van der Waals surface area contributed by atoms with E-state index in [1.165, 1.54) is 50.1 Å². The molecule has 2 nitrogen and oxygen atoms in total. The molecule has 0 bridgehead atoms. The third-order valence-electron chi connectivity index (χ3n) is 3.69. The zero-order valence-corrected chi connectivity index (χ0v) is 11.1. The molecule has 0 saturated carbocycles. The van der Waals surface area contributed by atoms with E-state index in [-0.39, 0.29) is 0 Å². The summed E-state index contributed by atoms with van der Waals surface area (Å²) in [4.78, 5) is 2.47. The smallest absolute Gasteiger partial charge is 0.0367 e. The van der Waals surface area contributed by atoms with Crippen molar-refractivity contribution in [1.82, 2.24) is 0 Å². The highest BCUT2D eigenvalue weighted by molar-refractivity contribution is 5.55. The Hall–Kier alpha value is -1.18. The average molecular weight is 232 g/mol. The van der Waals surface area contributed by atoms with Crippen LogP contribution < -0.4 is 10.2 Å². The van der Waals surface area contributed by atoms with Crippen molar-refractivity contribution in [3.63, 3.8) is 0 Å². The van der Waals surface area contributed by atoms with Crippen molar-refractivity contribution in [3.8, 4) is 0 Å². The van der Waals surface area contributed by atoms with E-state index in [2.05, 4.69) is 48.3 Å². The first-order valence-corrected chi connectivity index (χ1v) is 6.95. The first-order valence-electron chi connectivity index (χ1n) is 6.95. The van der Waals surface area contributed by atoms with Crippen molar-refractivity contribution in [1.29, 1.82) is 0 Å². The van der Waals surface area contributed by atoms with Gasteiger partial charge in [0.1, 0.15) is 0 Å². The molecule has 1 aliphatic rings. The summed E-state index contributed by atoms with van der Waals surface area (Å²) >= 11 is 0. The Bertz CT molecular complexity index is 321. The Morgan fingerprint density at radius 1 is 1.06 bits per heavy atom. The van der Waals surface area contributed by atoms with Gasteiger partial charge in [-0.1, -0.05) is 13.8 Å². The fraction of sp³-hybridized carbons (Fsp3) is 0.600. The molecule has 1 aromatic rings. The highest BCUT2D eigenvalue weighted by Gasteiger charge is 2.11. The second kappa shape index (κ2) is 5.95. The van der Waals surface area contributed by atoms with Crippen molar-refractivity contribution in [2.24, 2.45) is 0 Å². The Labute approximate surface area is 105 Å². The van der Waals surface area contributed by atoms with Crippen LogP contribution in [-0.2, 0) is 0 Å². The summed E-state index contributed by atoms with van der Waals surface area (Å²) in [5.41, 5.74) is 2.62. The van der Waals surface area contributed by atoms with E-state index < -0.39 is 0 Å². The Morgan fingerprint density at radius 3 is 2.18 bits per heavy atom. The lowest BCUT2D eigenvalue weighted by Gasteiger charge is -2.20. The lowest BCUT2D eigenvalue weighted by molar-refractivity contribution is 0.672. The molecule has 0 aromatic heterocycles. The van der Waals surface area contributed by atoms with Crippen molar-refractivity contribution in [2.45, 2.75) is 45.6 Å². The molecule has 0 aliphatic carbocycles. The number of rotatable bonds is 5. The van der Waals surface area contributed by atoms with Gasteiger partial charge in [-0.05, 0) is 49.9 Å². The molecule has 0 atom stereocenters. The summed E-state index contributed by atoms with van der Waals surface area (Å²) in [7, 11) is 0. The molecule has 1 saturated heterocycles. The maximum absolute atomic E-state index is 3.58. The maximum atomic E-state index is 3.58. The number of hydrogen-bond acceptors (Lipinski definition) is 2. The molecule has 1 aromatic carbocycles.